The number of aliphatic imine (C=N–C) groups is 1. The van der Waals surface area contributed by atoms with Gasteiger partial charge in [-0.1, -0.05) is 0 Å². The Morgan fingerprint density at radius 2 is 2.13 bits per heavy atom. The normalized spacial score (nSPS) is 40.3. The van der Waals surface area contributed by atoms with Gasteiger partial charge in [0.15, 0.2) is 0 Å². The van der Waals surface area contributed by atoms with Crippen molar-refractivity contribution in [3.63, 3.8) is 0 Å². The molecule has 15 heavy (non-hydrogen) atoms. The summed E-state index contributed by atoms with van der Waals surface area (Å²) in [5.74, 6) is 2.04. The van der Waals surface area contributed by atoms with Gasteiger partial charge in [-0.05, 0) is 51.5 Å². The number of amidine groups is 1. The fourth-order valence-corrected chi connectivity index (χ4v) is 3.31. The molecular weight excluding hydrogens is 186 g/mol. The van der Waals surface area contributed by atoms with E-state index in [2.05, 4.69) is 11.8 Å². The number of hydrogen-bond donors (Lipinski definition) is 1. The minimum atomic E-state index is 0.591. The molecule has 0 amide bonds. The van der Waals surface area contributed by atoms with Gasteiger partial charge in [0, 0.05) is 6.04 Å². The molecule has 0 spiro atoms. The third-order valence-corrected chi connectivity index (χ3v) is 4.25. The van der Waals surface area contributed by atoms with Gasteiger partial charge in [0.25, 0.3) is 0 Å². The lowest BCUT2D eigenvalue weighted by molar-refractivity contribution is 0.195. The van der Waals surface area contributed by atoms with Crippen LogP contribution in [0.15, 0.2) is 4.99 Å². The second-order valence-electron chi connectivity index (χ2n) is 5.36. The van der Waals surface area contributed by atoms with Crippen LogP contribution in [0.3, 0.4) is 0 Å². The zero-order valence-corrected chi connectivity index (χ0v) is 9.52. The van der Waals surface area contributed by atoms with E-state index in [-0.39, 0.29) is 0 Å². The van der Waals surface area contributed by atoms with Crippen molar-refractivity contribution in [1.29, 1.82) is 0 Å². The van der Waals surface area contributed by atoms with Crippen LogP contribution in [-0.4, -0.2) is 35.4 Å². The summed E-state index contributed by atoms with van der Waals surface area (Å²) in [5, 5.41) is 0. The second kappa shape index (κ2) is 3.48. The van der Waals surface area contributed by atoms with E-state index in [0.717, 1.165) is 18.5 Å². The summed E-state index contributed by atoms with van der Waals surface area (Å²) in [5.41, 5.74) is 5.80. The Morgan fingerprint density at radius 3 is 2.80 bits per heavy atom. The quantitative estimate of drug-likeness (QED) is 0.743. The Morgan fingerprint density at radius 1 is 1.33 bits per heavy atom. The molecule has 0 radical (unpaired) electrons. The van der Waals surface area contributed by atoms with Crippen LogP contribution in [0.2, 0.25) is 0 Å². The average molecular weight is 207 g/mol. The number of fused-ring (bicyclic) bond motifs is 1. The van der Waals surface area contributed by atoms with E-state index >= 15 is 0 Å². The molecule has 0 saturated heterocycles. The molecule has 2 fully saturated rings. The zero-order valence-electron chi connectivity index (χ0n) is 9.52. The Bertz CT molecular complexity index is 283. The van der Waals surface area contributed by atoms with Crippen molar-refractivity contribution in [3.05, 3.63) is 0 Å². The summed E-state index contributed by atoms with van der Waals surface area (Å²) >= 11 is 0. The van der Waals surface area contributed by atoms with Gasteiger partial charge in [0.1, 0.15) is 0 Å². The maximum absolute atomic E-state index is 5.80. The standard InChI is InChI=1S/C12H21N3/c1-8-14-11-5-2-9(7-13)6-12(11)15(8)10-3-4-10/h9-12H,2-7,13H2,1H3. The lowest BCUT2D eigenvalue weighted by atomic mass is 9.82. The molecule has 3 atom stereocenters. The number of hydrogen-bond acceptors (Lipinski definition) is 3. The molecule has 2 N–H and O–H groups in total. The molecule has 84 valence electrons. The van der Waals surface area contributed by atoms with Crippen molar-refractivity contribution in [3.8, 4) is 0 Å². The van der Waals surface area contributed by atoms with Crippen LogP contribution in [0.4, 0.5) is 0 Å². The molecular formula is C12H21N3. The highest BCUT2D eigenvalue weighted by Crippen LogP contribution is 2.40. The summed E-state index contributed by atoms with van der Waals surface area (Å²) in [6, 6.07) is 2.11. The molecule has 2 saturated carbocycles. The van der Waals surface area contributed by atoms with Crippen LogP contribution < -0.4 is 5.73 Å². The fraction of sp³-hybridized carbons (Fsp3) is 0.917. The van der Waals surface area contributed by atoms with Gasteiger partial charge in [-0.3, -0.25) is 4.99 Å². The average Bonchev–Trinajstić information content (AvgIpc) is 3.00. The van der Waals surface area contributed by atoms with Crippen molar-refractivity contribution in [1.82, 2.24) is 4.90 Å². The molecule has 3 nitrogen and oxygen atoms in total. The molecule has 0 aromatic carbocycles. The van der Waals surface area contributed by atoms with Crippen LogP contribution in [0.5, 0.6) is 0 Å². The summed E-state index contributed by atoms with van der Waals surface area (Å²) < 4.78 is 0. The van der Waals surface area contributed by atoms with E-state index in [9.17, 15) is 0 Å². The number of nitrogens with zero attached hydrogens (tertiary/aromatic N) is 2. The van der Waals surface area contributed by atoms with Gasteiger partial charge in [-0.15, -0.1) is 0 Å². The van der Waals surface area contributed by atoms with Gasteiger partial charge in [0.2, 0.25) is 0 Å². The first-order valence-electron chi connectivity index (χ1n) is 6.32. The summed E-state index contributed by atoms with van der Waals surface area (Å²) in [6.07, 6.45) is 6.57. The van der Waals surface area contributed by atoms with E-state index in [1.165, 1.54) is 37.9 Å². The van der Waals surface area contributed by atoms with E-state index in [4.69, 9.17) is 10.7 Å². The molecule has 2 aliphatic carbocycles. The molecule has 0 aromatic heterocycles. The smallest absolute Gasteiger partial charge is 0.0967 e. The third kappa shape index (κ3) is 1.57. The van der Waals surface area contributed by atoms with Gasteiger partial charge >= 0.3 is 0 Å². The van der Waals surface area contributed by atoms with Crippen molar-refractivity contribution in [2.75, 3.05) is 6.54 Å². The fourth-order valence-electron chi connectivity index (χ4n) is 3.31. The van der Waals surface area contributed by atoms with Crippen LogP contribution in [0.1, 0.15) is 39.0 Å². The zero-order chi connectivity index (χ0) is 10.4. The highest BCUT2D eigenvalue weighted by atomic mass is 15.3. The van der Waals surface area contributed by atoms with E-state index in [1.807, 2.05) is 0 Å². The lowest BCUT2D eigenvalue weighted by Gasteiger charge is -2.36. The molecule has 0 bridgehead atoms. The van der Waals surface area contributed by atoms with Gasteiger partial charge < -0.3 is 10.6 Å². The van der Waals surface area contributed by atoms with E-state index < -0.39 is 0 Å². The monoisotopic (exact) mass is 207 g/mol. The van der Waals surface area contributed by atoms with Crippen LogP contribution in [-0.2, 0) is 0 Å². The third-order valence-electron chi connectivity index (χ3n) is 4.25. The predicted molar refractivity (Wildman–Crippen MR) is 61.9 cm³/mol. The number of nitrogens with two attached hydrogens (primary N) is 1. The molecule has 3 unspecified atom stereocenters. The Hall–Kier alpha value is -0.570. The van der Waals surface area contributed by atoms with Crippen LogP contribution in [0, 0.1) is 5.92 Å². The lowest BCUT2D eigenvalue weighted by Crippen LogP contribution is -2.45. The van der Waals surface area contributed by atoms with Crippen molar-refractivity contribution in [2.45, 2.75) is 57.2 Å². The largest absolute Gasteiger partial charge is 0.352 e. The Kier molecular flexibility index (Phi) is 2.23. The topological polar surface area (TPSA) is 41.6 Å². The molecule has 1 heterocycles. The SMILES string of the molecule is CC1=NC2CCC(CN)CC2N1C1CC1. The van der Waals surface area contributed by atoms with Gasteiger partial charge in [-0.25, -0.2) is 0 Å². The number of rotatable bonds is 2. The van der Waals surface area contributed by atoms with Crippen molar-refractivity contribution in [2.24, 2.45) is 16.6 Å². The molecule has 3 aliphatic rings. The minimum Gasteiger partial charge on any atom is -0.352 e. The van der Waals surface area contributed by atoms with E-state index in [0.29, 0.717) is 12.1 Å². The Labute approximate surface area is 91.7 Å². The van der Waals surface area contributed by atoms with Gasteiger partial charge in [-0.2, -0.15) is 0 Å². The first-order valence-corrected chi connectivity index (χ1v) is 6.32. The van der Waals surface area contributed by atoms with Crippen LogP contribution in [0.25, 0.3) is 0 Å². The second-order valence-corrected chi connectivity index (χ2v) is 5.36. The molecule has 1 aliphatic heterocycles. The predicted octanol–water partition coefficient (Wildman–Crippen LogP) is 1.38. The highest BCUT2D eigenvalue weighted by Gasteiger charge is 2.44. The van der Waals surface area contributed by atoms with Crippen molar-refractivity contribution < 1.29 is 0 Å². The summed E-state index contributed by atoms with van der Waals surface area (Å²) in [4.78, 5) is 7.43. The molecule has 0 aromatic rings. The summed E-state index contributed by atoms with van der Waals surface area (Å²) in [6.45, 7) is 3.05. The van der Waals surface area contributed by atoms with Crippen molar-refractivity contribution >= 4 is 5.84 Å². The van der Waals surface area contributed by atoms with Crippen LogP contribution >= 0.6 is 0 Å². The summed E-state index contributed by atoms with van der Waals surface area (Å²) in [7, 11) is 0. The minimum absolute atomic E-state index is 0.591. The maximum Gasteiger partial charge on any atom is 0.0967 e. The maximum atomic E-state index is 5.80. The molecule has 3 heteroatoms. The first kappa shape index (κ1) is 9.64. The van der Waals surface area contributed by atoms with E-state index in [1.54, 1.807) is 0 Å². The Balaban J connectivity index is 1.76. The van der Waals surface area contributed by atoms with Gasteiger partial charge in [0.05, 0.1) is 17.9 Å². The first-order chi connectivity index (χ1) is 7.29. The molecule has 3 rings (SSSR count). The highest BCUT2D eigenvalue weighted by molar-refractivity contribution is 5.83.